The fraction of sp³-hybridized carbons (Fsp3) is 0.471. The van der Waals surface area contributed by atoms with E-state index in [2.05, 4.69) is 10.1 Å². The van der Waals surface area contributed by atoms with Crippen LogP contribution in [0.1, 0.15) is 41.5 Å². The maximum atomic E-state index is 10.3. The first-order chi connectivity index (χ1) is 10.6. The van der Waals surface area contributed by atoms with E-state index >= 15 is 0 Å². The van der Waals surface area contributed by atoms with E-state index in [0.29, 0.717) is 18.3 Å². The zero-order chi connectivity index (χ0) is 15.7. The molecule has 1 aliphatic rings. The van der Waals surface area contributed by atoms with Crippen molar-refractivity contribution in [1.29, 1.82) is 0 Å². The molecule has 1 aromatic carbocycles. The number of nitrogens with zero attached hydrogens (tertiary/aromatic N) is 2. The van der Waals surface area contributed by atoms with E-state index in [1.54, 1.807) is 13.2 Å². The van der Waals surface area contributed by atoms with E-state index in [-0.39, 0.29) is 5.75 Å². The van der Waals surface area contributed by atoms with Gasteiger partial charge in [-0.1, -0.05) is 17.3 Å². The molecule has 1 fully saturated rings. The van der Waals surface area contributed by atoms with Crippen molar-refractivity contribution in [1.82, 2.24) is 10.1 Å². The van der Waals surface area contributed by atoms with Gasteiger partial charge in [-0.3, -0.25) is 4.90 Å². The number of para-hydroxylation sites is 1. The van der Waals surface area contributed by atoms with Gasteiger partial charge in [-0.05, 0) is 39.3 Å². The Morgan fingerprint density at radius 1 is 1.41 bits per heavy atom. The third kappa shape index (κ3) is 2.57. The molecule has 0 unspecified atom stereocenters. The third-order valence-electron chi connectivity index (χ3n) is 4.46. The van der Waals surface area contributed by atoms with Gasteiger partial charge in [-0.2, -0.15) is 0 Å². The summed E-state index contributed by atoms with van der Waals surface area (Å²) < 4.78 is 10.5. The lowest BCUT2D eigenvalue weighted by molar-refractivity contribution is 0.241. The van der Waals surface area contributed by atoms with Gasteiger partial charge in [0, 0.05) is 23.7 Å². The van der Waals surface area contributed by atoms with E-state index in [9.17, 15) is 5.11 Å². The minimum Gasteiger partial charge on any atom is -0.504 e. The Bertz CT molecular complexity index is 646. The summed E-state index contributed by atoms with van der Waals surface area (Å²) in [4.78, 5) is 2.38. The standard InChI is InChI=1S/C17H22N2O3/c1-11-16(12(2)22-18-11)14-7-5-9-19(14)10-13-6-4-8-15(21-3)17(13)20/h4,6,8,14,20H,5,7,9-10H2,1-3H3/t14-/m1/s1. The molecule has 22 heavy (non-hydrogen) atoms. The van der Waals surface area contributed by atoms with E-state index in [4.69, 9.17) is 9.26 Å². The molecule has 1 saturated heterocycles. The smallest absolute Gasteiger partial charge is 0.162 e. The molecule has 1 aliphatic heterocycles. The number of aromatic hydroxyl groups is 1. The Labute approximate surface area is 130 Å². The van der Waals surface area contributed by atoms with E-state index < -0.39 is 0 Å². The van der Waals surface area contributed by atoms with Crippen molar-refractivity contribution in [2.45, 2.75) is 39.3 Å². The largest absolute Gasteiger partial charge is 0.504 e. The first-order valence-electron chi connectivity index (χ1n) is 7.63. The molecule has 1 aromatic heterocycles. The van der Waals surface area contributed by atoms with Crippen molar-refractivity contribution >= 4 is 0 Å². The molecule has 118 valence electrons. The normalized spacial score (nSPS) is 18.8. The Hall–Kier alpha value is -2.01. The van der Waals surface area contributed by atoms with Crippen LogP contribution in [0.25, 0.3) is 0 Å². The summed E-state index contributed by atoms with van der Waals surface area (Å²) in [5.74, 6) is 1.64. The van der Waals surface area contributed by atoms with Gasteiger partial charge in [0.25, 0.3) is 0 Å². The first-order valence-corrected chi connectivity index (χ1v) is 7.63. The lowest BCUT2D eigenvalue weighted by Crippen LogP contribution is -2.23. The molecular weight excluding hydrogens is 280 g/mol. The summed E-state index contributed by atoms with van der Waals surface area (Å²) in [5, 5.41) is 14.4. The Morgan fingerprint density at radius 3 is 2.91 bits per heavy atom. The molecule has 1 N–H and O–H groups in total. The van der Waals surface area contributed by atoms with Gasteiger partial charge in [0.15, 0.2) is 11.5 Å². The fourth-order valence-electron chi connectivity index (χ4n) is 3.39. The minimum atomic E-state index is 0.231. The fourth-order valence-corrected chi connectivity index (χ4v) is 3.39. The number of hydrogen-bond acceptors (Lipinski definition) is 5. The van der Waals surface area contributed by atoms with Crippen molar-refractivity contribution in [2.75, 3.05) is 13.7 Å². The second kappa shape index (κ2) is 6.01. The molecule has 5 nitrogen and oxygen atoms in total. The molecule has 1 atom stereocenters. The molecular formula is C17H22N2O3. The number of ether oxygens (including phenoxy) is 1. The Kier molecular flexibility index (Phi) is 4.07. The molecule has 2 heterocycles. The number of phenolic OH excluding ortho intramolecular Hbond substituents is 1. The zero-order valence-corrected chi connectivity index (χ0v) is 13.3. The molecule has 0 radical (unpaired) electrons. The van der Waals surface area contributed by atoms with Crippen LogP contribution in [-0.2, 0) is 6.54 Å². The van der Waals surface area contributed by atoms with Crippen LogP contribution in [0, 0.1) is 13.8 Å². The van der Waals surface area contributed by atoms with Gasteiger partial charge < -0.3 is 14.4 Å². The lowest BCUT2D eigenvalue weighted by Gasteiger charge is -2.25. The number of benzene rings is 1. The Balaban J connectivity index is 1.86. The summed E-state index contributed by atoms with van der Waals surface area (Å²) in [5.41, 5.74) is 3.04. The van der Waals surface area contributed by atoms with Crippen molar-refractivity contribution < 1.29 is 14.4 Å². The predicted molar refractivity (Wildman–Crippen MR) is 83.0 cm³/mol. The van der Waals surface area contributed by atoms with Crippen LogP contribution in [0.2, 0.25) is 0 Å². The zero-order valence-electron chi connectivity index (χ0n) is 13.3. The SMILES string of the molecule is COc1cccc(CN2CCC[C@@H]2c2c(C)noc2C)c1O. The van der Waals surface area contributed by atoms with Crippen LogP contribution in [0.4, 0.5) is 0 Å². The summed E-state index contributed by atoms with van der Waals surface area (Å²) in [6, 6.07) is 5.93. The van der Waals surface area contributed by atoms with Gasteiger partial charge in [0.2, 0.25) is 0 Å². The average Bonchev–Trinajstić information content (AvgIpc) is 3.08. The summed E-state index contributed by atoms with van der Waals surface area (Å²) in [6.45, 7) is 5.66. The maximum absolute atomic E-state index is 10.3. The van der Waals surface area contributed by atoms with Crippen molar-refractivity contribution in [2.24, 2.45) is 0 Å². The third-order valence-corrected chi connectivity index (χ3v) is 4.46. The highest BCUT2D eigenvalue weighted by Gasteiger charge is 2.31. The first kappa shape index (κ1) is 14.9. The highest BCUT2D eigenvalue weighted by molar-refractivity contribution is 5.45. The van der Waals surface area contributed by atoms with Gasteiger partial charge in [-0.15, -0.1) is 0 Å². The molecule has 0 aliphatic carbocycles. The van der Waals surface area contributed by atoms with E-state index in [0.717, 1.165) is 36.4 Å². The number of likely N-dealkylation sites (tertiary alicyclic amines) is 1. The van der Waals surface area contributed by atoms with Gasteiger partial charge >= 0.3 is 0 Å². The van der Waals surface area contributed by atoms with Crippen molar-refractivity contribution in [3.63, 3.8) is 0 Å². The topological polar surface area (TPSA) is 58.7 Å². The molecule has 0 bridgehead atoms. The lowest BCUT2D eigenvalue weighted by atomic mass is 10.0. The number of aromatic nitrogens is 1. The second-order valence-corrected chi connectivity index (χ2v) is 5.83. The van der Waals surface area contributed by atoms with E-state index in [1.807, 2.05) is 26.0 Å². The summed E-state index contributed by atoms with van der Waals surface area (Å²) in [7, 11) is 1.57. The molecule has 5 heteroatoms. The van der Waals surface area contributed by atoms with Gasteiger partial charge in [0.05, 0.1) is 12.8 Å². The van der Waals surface area contributed by atoms with Crippen LogP contribution in [-0.4, -0.2) is 28.8 Å². The average molecular weight is 302 g/mol. The predicted octanol–water partition coefficient (Wildman–Crippen LogP) is 3.34. The molecule has 3 rings (SSSR count). The number of aryl methyl sites for hydroxylation is 2. The maximum Gasteiger partial charge on any atom is 0.162 e. The van der Waals surface area contributed by atoms with E-state index in [1.165, 1.54) is 5.56 Å². The van der Waals surface area contributed by atoms with Crippen LogP contribution in [0.15, 0.2) is 22.7 Å². The number of hydrogen-bond donors (Lipinski definition) is 1. The minimum absolute atomic E-state index is 0.231. The van der Waals surface area contributed by atoms with Crippen LogP contribution in [0.5, 0.6) is 11.5 Å². The van der Waals surface area contributed by atoms with Crippen LogP contribution in [0.3, 0.4) is 0 Å². The molecule has 2 aromatic rings. The van der Waals surface area contributed by atoms with Crippen LogP contribution >= 0.6 is 0 Å². The second-order valence-electron chi connectivity index (χ2n) is 5.83. The number of phenols is 1. The highest BCUT2D eigenvalue weighted by atomic mass is 16.5. The number of methoxy groups -OCH3 is 1. The van der Waals surface area contributed by atoms with Crippen LogP contribution < -0.4 is 4.74 Å². The highest BCUT2D eigenvalue weighted by Crippen LogP contribution is 2.38. The van der Waals surface area contributed by atoms with Crippen molar-refractivity contribution in [3.05, 3.63) is 40.8 Å². The quantitative estimate of drug-likeness (QED) is 0.938. The summed E-state index contributed by atoms with van der Waals surface area (Å²) >= 11 is 0. The number of rotatable bonds is 4. The summed E-state index contributed by atoms with van der Waals surface area (Å²) in [6.07, 6.45) is 2.23. The molecule has 0 spiro atoms. The molecule has 0 saturated carbocycles. The Morgan fingerprint density at radius 2 is 2.23 bits per heavy atom. The monoisotopic (exact) mass is 302 g/mol. The van der Waals surface area contributed by atoms with Gasteiger partial charge in [0.1, 0.15) is 5.76 Å². The van der Waals surface area contributed by atoms with Crippen molar-refractivity contribution in [3.8, 4) is 11.5 Å². The van der Waals surface area contributed by atoms with Gasteiger partial charge in [-0.25, -0.2) is 0 Å². The molecule has 0 amide bonds.